The van der Waals surface area contributed by atoms with Crippen LogP contribution in [0.5, 0.6) is 5.88 Å². The standard InChI is InChI=1S/C21H36N4O.C8H9N.C2H6/c1-3-10-24(11-4-2)18-15-20(22)23-21(16-18)26-14-13-25-12-9-17-7-5-6-8-19(17)25;1-7-3-2-4-8(5-7)6-9;1-2/h15-17,19H,3-14H2,1-2H3,(H2,22,23);2-6,9H,1H3;1-2H3. The van der Waals surface area contributed by atoms with Crippen molar-refractivity contribution in [1.82, 2.24) is 9.88 Å². The van der Waals surface area contributed by atoms with Crippen LogP contribution in [0.1, 0.15) is 83.8 Å². The van der Waals surface area contributed by atoms with Gasteiger partial charge in [-0.15, -0.1) is 0 Å². The average molecular weight is 510 g/mol. The van der Waals surface area contributed by atoms with Crippen molar-refractivity contribution in [2.45, 2.75) is 85.6 Å². The highest BCUT2D eigenvalue weighted by molar-refractivity contribution is 5.76. The third-order valence-electron chi connectivity index (χ3n) is 7.12. The van der Waals surface area contributed by atoms with Crippen LogP contribution in [0, 0.1) is 18.3 Å². The third kappa shape index (κ3) is 9.99. The molecule has 2 aromatic rings. The molecule has 2 heterocycles. The van der Waals surface area contributed by atoms with Gasteiger partial charge in [-0.25, -0.2) is 0 Å². The lowest BCUT2D eigenvalue weighted by Crippen LogP contribution is -2.37. The SMILES string of the molecule is CC.CCCN(CCC)c1cc(N)nc(OCCN2CCC3CCCCC32)c1.Cc1cccc(C=N)c1. The number of aryl methyl sites for hydroxylation is 1. The van der Waals surface area contributed by atoms with E-state index >= 15 is 0 Å². The first-order chi connectivity index (χ1) is 18.0. The van der Waals surface area contributed by atoms with Crippen LogP contribution in [-0.4, -0.2) is 54.9 Å². The van der Waals surface area contributed by atoms with Gasteiger partial charge in [0.05, 0.1) is 0 Å². The van der Waals surface area contributed by atoms with Crippen molar-refractivity contribution in [2.75, 3.05) is 43.4 Å². The molecule has 0 spiro atoms. The molecule has 1 aromatic heterocycles. The van der Waals surface area contributed by atoms with Crippen LogP contribution in [0.2, 0.25) is 0 Å². The van der Waals surface area contributed by atoms with E-state index in [2.05, 4.69) is 34.7 Å². The number of nitrogens with one attached hydrogen (secondary N) is 1. The van der Waals surface area contributed by atoms with Gasteiger partial charge in [0.15, 0.2) is 0 Å². The van der Waals surface area contributed by atoms with E-state index in [-0.39, 0.29) is 0 Å². The first-order valence-corrected chi connectivity index (χ1v) is 14.5. The minimum Gasteiger partial charge on any atom is -0.476 e. The van der Waals surface area contributed by atoms with Gasteiger partial charge >= 0.3 is 0 Å². The van der Waals surface area contributed by atoms with Gasteiger partial charge in [0, 0.05) is 49.7 Å². The molecular weight excluding hydrogens is 458 g/mol. The fourth-order valence-electron chi connectivity index (χ4n) is 5.49. The summed E-state index contributed by atoms with van der Waals surface area (Å²) in [6.45, 7) is 15.4. The van der Waals surface area contributed by atoms with Crippen molar-refractivity contribution >= 4 is 17.7 Å². The Labute approximate surface area is 226 Å². The molecule has 37 heavy (non-hydrogen) atoms. The number of ether oxygens (including phenoxy) is 1. The largest absolute Gasteiger partial charge is 0.476 e. The highest BCUT2D eigenvalue weighted by atomic mass is 16.5. The topological polar surface area (TPSA) is 78.5 Å². The molecule has 2 atom stereocenters. The van der Waals surface area contributed by atoms with Gasteiger partial charge in [0.1, 0.15) is 12.4 Å². The number of nitrogens with zero attached hydrogens (tertiary/aromatic N) is 3. The Morgan fingerprint density at radius 1 is 1.08 bits per heavy atom. The zero-order valence-corrected chi connectivity index (χ0v) is 24.0. The van der Waals surface area contributed by atoms with E-state index in [1.807, 2.05) is 51.1 Å². The number of pyridine rings is 1. The molecule has 4 rings (SSSR count). The lowest BCUT2D eigenvalue weighted by molar-refractivity contribution is 0.153. The fourth-order valence-corrected chi connectivity index (χ4v) is 5.49. The molecule has 6 nitrogen and oxygen atoms in total. The first kappa shape index (κ1) is 30.6. The summed E-state index contributed by atoms with van der Waals surface area (Å²) >= 11 is 0. The maximum absolute atomic E-state index is 6.92. The normalized spacial score (nSPS) is 18.5. The van der Waals surface area contributed by atoms with E-state index in [0.29, 0.717) is 18.3 Å². The summed E-state index contributed by atoms with van der Waals surface area (Å²) in [5.41, 5.74) is 9.34. The lowest BCUT2D eigenvalue weighted by atomic mass is 9.85. The van der Waals surface area contributed by atoms with Crippen LogP contribution in [0.25, 0.3) is 0 Å². The molecule has 0 amide bonds. The van der Waals surface area contributed by atoms with Crippen LogP contribution >= 0.6 is 0 Å². The number of hydrogen-bond acceptors (Lipinski definition) is 6. The molecule has 2 fully saturated rings. The Kier molecular flexibility index (Phi) is 14.1. The summed E-state index contributed by atoms with van der Waals surface area (Å²) in [5.74, 6) is 2.14. The number of nitrogen functional groups attached to an aromatic ring is 1. The van der Waals surface area contributed by atoms with Crippen LogP contribution in [0.3, 0.4) is 0 Å². The van der Waals surface area contributed by atoms with Crippen LogP contribution in [0.4, 0.5) is 11.5 Å². The number of aromatic nitrogens is 1. The predicted molar refractivity (Wildman–Crippen MR) is 159 cm³/mol. The molecule has 0 radical (unpaired) electrons. The zero-order chi connectivity index (χ0) is 27.0. The van der Waals surface area contributed by atoms with Crippen molar-refractivity contribution in [2.24, 2.45) is 5.92 Å². The van der Waals surface area contributed by atoms with Crippen molar-refractivity contribution in [3.63, 3.8) is 0 Å². The monoisotopic (exact) mass is 509 g/mol. The lowest BCUT2D eigenvalue weighted by Gasteiger charge is -2.31. The van der Waals surface area contributed by atoms with E-state index in [9.17, 15) is 0 Å². The summed E-state index contributed by atoms with van der Waals surface area (Å²) in [6.07, 6.45) is 10.6. The number of benzene rings is 1. The average Bonchev–Trinajstić information content (AvgIpc) is 3.33. The predicted octanol–water partition coefficient (Wildman–Crippen LogP) is 6.95. The number of nitrogens with two attached hydrogens (primary N) is 1. The van der Waals surface area contributed by atoms with Crippen LogP contribution in [0.15, 0.2) is 36.4 Å². The molecule has 3 N–H and O–H groups in total. The van der Waals surface area contributed by atoms with E-state index < -0.39 is 0 Å². The van der Waals surface area contributed by atoms with Gasteiger partial charge < -0.3 is 20.8 Å². The molecule has 6 heteroatoms. The van der Waals surface area contributed by atoms with E-state index in [0.717, 1.165) is 55.7 Å². The zero-order valence-electron chi connectivity index (χ0n) is 24.0. The van der Waals surface area contributed by atoms with Crippen molar-refractivity contribution in [3.8, 4) is 5.88 Å². The number of hydrogen-bond donors (Lipinski definition) is 2. The molecule has 0 bridgehead atoms. The molecule has 206 valence electrons. The summed E-state index contributed by atoms with van der Waals surface area (Å²) in [5, 5.41) is 6.92. The summed E-state index contributed by atoms with van der Waals surface area (Å²) in [4.78, 5) is 9.40. The van der Waals surface area contributed by atoms with Gasteiger partial charge in [0.2, 0.25) is 5.88 Å². The Hall–Kier alpha value is -2.60. The van der Waals surface area contributed by atoms with E-state index in [1.165, 1.54) is 50.4 Å². The van der Waals surface area contributed by atoms with Crippen molar-refractivity contribution < 1.29 is 4.74 Å². The van der Waals surface area contributed by atoms with Crippen LogP contribution in [-0.2, 0) is 0 Å². The Morgan fingerprint density at radius 3 is 2.46 bits per heavy atom. The second kappa shape index (κ2) is 17.0. The smallest absolute Gasteiger partial charge is 0.217 e. The molecule has 1 aliphatic heterocycles. The fraction of sp³-hybridized carbons (Fsp3) is 0.613. The van der Waals surface area contributed by atoms with Gasteiger partial charge in [-0.05, 0) is 57.1 Å². The number of fused-ring (bicyclic) bond motifs is 1. The summed E-state index contributed by atoms with van der Waals surface area (Å²) < 4.78 is 6.02. The second-order valence-electron chi connectivity index (χ2n) is 9.92. The molecule has 1 saturated heterocycles. The third-order valence-corrected chi connectivity index (χ3v) is 7.12. The molecule has 1 aliphatic carbocycles. The minimum absolute atomic E-state index is 0.545. The summed E-state index contributed by atoms with van der Waals surface area (Å²) in [6, 6.07) is 12.7. The van der Waals surface area contributed by atoms with Crippen molar-refractivity contribution in [3.05, 3.63) is 47.5 Å². The quantitative estimate of drug-likeness (QED) is 0.339. The number of likely N-dealkylation sites (tertiary alicyclic amines) is 1. The molecule has 1 aromatic carbocycles. The maximum Gasteiger partial charge on any atom is 0.217 e. The Morgan fingerprint density at radius 2 is 1.81 bits per heavy atom. The van der Waals surface area contributed by atoms with E-state index in [4.69, 9.17) is 15.9 Å². The first-order valence-electron chi connectivity index (χ1n) is 14.5. The molecule has 1 saturated carbocycles. The Bertz CT molecular complexity index is 912. The number of anilines is 2. The Balaban J connectivity index is 0.000000367. The van der Waals surface area contributed by atoms with Crippen molar-refractivity contribution in [1.29, 1.82) is 5.41 Å². The minimum atomic E-state index is 0.545. The molecular formula is C31H51N5O. The maximum atomic E-state index is 6.92. The van der Waals surface area contributed by atoms with Gasteiger partial charge in [-0.2, -0.15) is 4.98 Å². The highest BCUT2D eigenvalue weighted by Crippen LogP contribution is 2.35. The van der Waals surface area contributed by atoms with Crippen LogP contribution < -0.4 is 15.4 Å². The van der Waals surface area contributed by atoms with Gasteiger partial charge in [-0.3, -0.25) is 4.90 Å². The molecule has 2 aliphatic rings. The summed E-state index contributed by atoms with van der Waals surface area (Å²) in [7, 11) is 0. The van der Waals surface area contributed by atoms with Gasteiger partial charge in [0.25, 0.3) is 0 Å². The molecule has 2 unspecified atom stereocenters. The highest BCUT2D eigenvalue weighted by Gasteiger charge is 2.35. The van der Waals surface area contributed by atoms with Gasteiger partial charge in [-0.1, -0.05) is 70.4 Å². The number of rotatable bonds is 10. The van der Waals surface area contributed by atoms with E-state index in [1.54, 1.807) is 0 Å². The second-order valence-corrected chi connectivity index (χ2v) is 9.92.